The van der Waals surface area contributed by atoms with E-state index in [0.717, 1.165) is 16.7 Å². The van der Waals surface area contributed by atoms with E-state index in [1.165, 1.54) is 5.19 Å². The van der Waals surface area contributed by atoms with Crippen molar-refractivity contribution < 1.29 is 8.42 Å². The summed E-state index contributed by atoms with van der Waals surface area (Å²) < 4.78 is 31.0. The van der Waals surface area contributed by atoms with E-state index in [-0.39, 0.29) is 4.90 Å². The summed E-state index contributed by atoms with van der Waals surface area (Å²) in [6, 6.07) is 37.3. The molecule has 0 aliphatic heterocycles. The maximum absolute atomic E-state index is 13.9. The van der Waals surface area contributed by atoms with E-state index in [9.17, 15) is 8.42 Å². The zero-order valence-electron chi connectivity index (χ0n) is 19.2. The first-order valence-electron chi connectivity index (χ1n) is 11.0. The van der Waals surface area contributed by atoms with Gasteiger partial charge >= 0.3 is 0 Å². The average molecular weight is 472 g/mol. The molecule has 0 unspecified atom stereocenters. The Morgan fingerprint density at radius 3 is 1.52 bits per heavy atom. The number of benzene rings is 4. The van der Waals surface area contributed by atoms with E-state index in [4.69, 9.17) is 0 Å². The molecule has 0 aromatic heterocycles. The lowest BCUT2D eigenvalue weighted by atomic mass is 9.98. The molecule has 0 heterocycles. The second-order valence-electron chi connectivity index (χ2n) is 8.89. The standard InChI is InChI=1S/C28H29NO2SSi/c1-23-19-21-26(22-20-23)32(30,31)29-28(24-13-7-4-8-14-24,25-15-9-5-10-16-25)33(2,3)27-17-11-6-12-18-27/h4-22,29H,1-3H3. The zero-order valence-corrected chi connectivity index (χ0v) is 21.0. The summed E-state index contributed by atoms with van der Waals surface area (Å²) in [6.45, 7) is 6.42. The minimum Gasteiger partial charge on any atom is -0.207 e. The Bertz CT molecular complexity index is 1270. The van der Waals surface area contributed by atoms with Crippen LogP contribution in [-0.4, -0.2) is 16.5 Å². The van der Waals surface area contributed by atoms with Crippen molar-refractivity contribution in [1.29, 1.82) is 0 Å². The number of rotatable bonds is 7. The fourth-order valence-electron chi connectivity index (χ4n) is 4.56. The predicted octanol–water partition coefficient (Wildman–Crippen LogP) is 5.37. The van der Waals surface area contributed by atoms with Crippen LogP contribution < -0.4 is 9.91 Å². The quantitative estimate of drug-likeness (QED) is 0.368. The van der Waals surface area contributed by atoms with Crippen LogP contribution in [0.15, 0.2) is 120 Å². The van der Waals surface area contributed by atoms with E-state index in [1.807, 2.05) is 97.9 Å². The fraction of sp³-hybridized carbons (Fsp3) is 0.143. The first-order chi connectivity index (χ1) is 15.8. The molecule has 5 heteroatoms. The van der Waals surface area contributed by atoms with Crippen molar-refractivity contribution in [3.63, 3.8) is 0 Å². The van der Waals surface area contributed by atoms with E-state index in [1.54, 1.807) is 12.1 Å². The third-order valence-corrected chi connectivity index (χ3v) is 12.5. The average Bonchev–Trinajstić information content (AvgIpc) is 2.84. The Morgan fingerprint density at radius 2 is 1.06 bits per heavy atom. The Balaban J connectivity index is 2.03. The SMILES string of the molecule is Cc1ccc(S(=O)(=O)NC(c2ccccc2)(c2ccccc2)[Si](C)(C)c2ccccc2)cc1. The zero-order chi connectivity index (χ0) is 23.5. The van der Waals surface area contributed by atoms with Gasteiger partial charge in [-0.05, 0) is 30.2 Å². The molecule has 0 radical (unpaired) electrons. The summed E-state index contributed by atoms with van der Waals surface area (Å²) in [5, 5.41) is 0.241. The second-order valence-corrected chi connectivity index (χ2v) is 15.2. The molecular formula is C28H29NO2SSi. The molecule has 33 heavy (non-hydrogen) atoms. The third kappa shape index (κ3) is 4.32. The molecule has 4 aromatic carbocycles. The maximum Gasteiger partial charge on any atom is 0.241 e. The Kier molecular flexibility index (Phi) is 6.39. The summed E-state index contributed by atoms with van der Waals surface area (Å²) >= 11 is 0. The molecule has 4 aromatic rings. The van der Waals surface area contributed by atoms with Crippen molar-refractivity contribution in [3.05, 3.63) is 132 Å². The topological polar surface area (TPSA) is 46.2 Å². The molecule has 4 rings (SSSR count). The first kappa shape index (κ1) is 23.2. The van der Waals surface area contributed by atoms with E-state index < -0.39 is 23.3 Å². The van der Waals surface area contributed by atoms with Gasteiger partial charge in [-0.1, -0.05) is 127 Å². The highest BCUT2D eigenvalue weighted by Crippen LogP contribution is 2.40. The molecule has 168 valence electrons. The van der Waals surface area contributed by atoms with Crippen molar-refractivity contribution >= 4 is 23.3 Å². The molecular weight excluding hydrogens is 442 g/mol. The van der Waals surface area contributed by atoms with E-state index in [0.29, 0.717) is 0 Å². The molecule has 0 saturated carbocycles. The summed E-state index contributed by atoms with van der Waals surface area (Å²) in [7, 11) is -6.42. The second kappa shape index (κ2) is 9.10. The van der Waals surface area contributed by atoms with Gasteiger partial charge in [-0.2, -0.15) is 4.72 Å². The van der Waals surface area contributed by atoms with Crippen molar-refractivity contribution in [1.82, 2.24) is 4.72 Å². The fourth-order valence-corrected chi connectivity index (χ4v) is 10.5. The number of aryl methyl sites for hydroxylation is 1. The number of hydrogen-bond donors (Lipinski definition) is 1. The molecule has 0 aliphatic carbocycles. The summed E-state index contributed by atoms with van der Waals surface area (Å²) in [5.74, 6) is 0. The Hall–Kier alpha value is -2.99. The highest BCUT2D eigenvalue weighted by molar-refractivity contribution is 7.89. The minimum absolute atomic E-state index is 0.266. The summed E-state index contributed by atoms with van der Waals surface area (Å²) in [6.07, 6.45) is 0. The van der Waals surface area contributed by atoms with E-state index >= 15 is 0 Å². The number of hydrogen-bond acceptors (Lipinski definition) is 2. The van der Waals surface area contributed by atoms with Gasteiger partial charge < -0.3 is 0 Å². The van der Waals surface area contributed by atoms with Crippen molar-refractivity contribution in [3.8, 4) is 0 Å². The van der Waals surface area contributed by atoms with Crippen molar-refractivity contribution in [2.45, 2.75) is 30.1 Å². The molecule has 3 nitrogen and oxygen atoms in total. The minimum atomic E-state index is -3.84. The van der Waals surface area contributed by atoms with Crippen LogP contribution in [0.3, 0.4) is 0 Å². The molecule has 0 bridgehead atoms. The molecule has 1 N–H and O–H groups in total. The van der Waals surface area contributed by atoms with Gasteiger partial charge in [0.25, 0.3) is 0 Å². The highest BCUT2D eigenvalue weighted by Gasteiger charge is 2.52. The molecule has 0 atom stereocenters. The van der Waals surface area contributed by atoms with Gasteiger partial charge in [0.1, 0.15) is 8.07 Å². The number of nitrogens with one attached hydrogen (secondary N) is 1. The maximum atomic E-state index is 13.9. The summed E-state index contributed by atoms with van der Waals surface area (Å²) in [4.78, 5) is 0.266. The van der Waals surface area contributed by atoms with Gasteiger partial charge in [-0.25, -0.2) is 8.42 Å². The van der Waals surface area contributed by atoms with Gasteiger partial charge in [0.2, 0.25) is 10.0 Å². The molecule has 0 spiro atoms. The normalized spacial score (nSPS) is 12.5. The highest BCUT2D eigenvalue weighted by atomic mass is 32.2. The van der Waals surface area contributed by atoms with Gasteiger partial charge in [-0.3, -0.25) is 0 Å². The largest absolute Gasteiger partial charge is 0.241 e. The Labute approximate surface area is 198 Å². The van der Waals surface area contributed by atoms with Crippen LogP contribution in [0.25, 0.3) is 0 Å². The van der Waals surface area contributed by atoms with Crippen LogP contribution in [0.1, 0.15) is 16.7 Å². The van der Waals surface area contributed by atoms with Gasteiger partial charge in [0.05, 0.1) is 10.1 Å². The van der Waals surface area contributed by atoms with Crippen LogP contribution >= 0.6 is 0 Å². The molecule has 0 saturated heterocycles. The lowest BCUT2D eigenvalue weighted by molar-refractivity contribution is 0.552. The van der Waals surface area contributed by atoms with Crippen LogP contribution in [0.4, 0.5) is 0 Å². The van der Waals surface area contributed by atoms with Gasteiger partial charge in [0.15, 0.2) is 0 Å². The third-order valence-electron chi connectivity index (χ3n) is 6.47. The van der Waals surface area contributed by atoms with Gasteiger partial charge in [-0.15, -0.1) is 0 Å². The van der Waals surface area contributed by atoms with Gasteiger partial charge in [0, 0.05) is 0 Å². The van der Waals surface area contributed by atoms with Crippen LogP contribution in [0, 0.1) is 6.92 Å². The lowest BCUT2D eigenvalue weighted by Crippen LogP contribution is -2.68. The Morgan fingerprint density at radius 1 is 0.636 bits per heavy atom. The summed E-state index contributed by atoms with van der Waals surface area (Å²) in [5.41, 5.74) is 2.89. The smallest absolute Gasteiger partial charge is 0.207 e. The predicted molar refractivity (Wildman–Crippen MR) is 139 cm³/mol. The molecule has 0 amide bonds. The van der Waals surface area contributed by atoms with Crippen LogP contribution in [0.5, 0.6) is 0 Å². The van der Waals surface area contributed by atoms with Crippen molar-refractivity contribution in [2.24, 2.45) is 0 Å². The monoisotopic (exact) mass is 471 g/mol. The number of sulfonamides is 1. The lowest BCUT2D eigenvalue weighted by Gasteiger charge is -2.47. The van der Waals surface area contributed by atoms with E-state index in [2.05, 4.69) is 29.9 Å². The van der Waals surface area contributed by atoms with Crippen LogP contribution in [-0.2, 0) is 15.2 Å². The first-order valence-corrected chi connectivity index (χ1v) is 15.5. The van der Waals surface area contributed by atoms with Crippen molar-refractivity contribution in [2.75, 3.05) is 0 Å². The molecule has 0 aliphatic rings. The van der Waals surface area contributed by atoms with Crippen LogP contribution in [0.2, 0.25) is 13.1 Å². The molecule has 0 fully saturated rings.